The summed E-state index contributed by atoms with van der Waals surface area (Å²) in [6.07, 6.45) is 4.21. The molecule has 0 aliphatic heterocycles. The maximum atomic E-state index is 5.18. The van der Waals surface area contributed by atoms with Gasteiger partial charge in [0.2, 0.25) is 0 Å². The number of ether oxygens (including phenoxy) is 2. The first-order chi connectivity index (χ1) is 6.72. The van der Waals surface area contributed by atoms with Gasteiger partial charge in [0, 0.05) is 33.9 Å². The Morgan fingerprint density at radius 2 is 2.07 bits per heavy atom. The quantitative estimate of drug-likeness (QED) is 0.644. The summed E-state index contributed by atoms with van der Waals surface area (Å²) in [6, 6.07) is 0. The van der Waals surface area contributed by atoms with E-state index in [0.717, 1.165) is 19.7 Å². The lowest BCUT2D eigenvalue weighted by Crippen LogP contribution is -2.31. The second kappa shape index (κ2) is 5.69. The molecule has 0 radical (unpaired) electrons. The number of hydrogen-bond acceptors (Lipinski definition) is 3. The van der Waals surface area contributed by atoms with E-state index >= 15 is 0 Å². The van der Waals surface area contributed by atoms with Gasteiger partial charge in [-0.05, 0) is 31.6 Å². The molecular weight excluding hydrogens is 178 g/mol. The van der Waals surface area contributed by atoms with Crippen LogP contribution in [0.4, 0.5) is 0 Å². The number of rotatable bonds is 8. The Balaban J connectivity index is 2.05. The van der Waals surface area contributed by atoms with Gasteiger partial charge in [-0.25, -0.2) is 0 Å². The first-order valence-corrected chi connectivity index (χ1v) is 5.45. The average molecular weight is 201 g/mol. The third-order valence-corrected chi connectivity index (χ3v) is 3.13. The van der Waals surface area contributed by atoms with Crippen LogP contribution in [-0.4, -0.2) is 40.0 Å². The third kappa shape index (κ3) is 3.95. The number of methoxy groups -OCH3 is 2. The van der Waals surface area contributed by atoms with Crippen LogP contribution >= 0.6 is 0 Å². The van der Waals surface area contributed by atoms with Gasteiger partial charge >= 0.3 is 0 Å². The highest BCUT2D eigenvalue weighted by atomic mass is 16.5. The smallest absolute Gasteiger partial charge is 0.0667 e. The van der Waals surface area contributed by atoms with E-state index in [1.54, 1.807) is 14.2 Å². The molecule has 1 unspecified atom stereocenters. The van der Waals surface area contributed by atoms with Gasteiger partial charge in [-0.2, -0.15) is 0 Å². The van der Waals surface area contributed by atoms with E-state index in [1.165, 1.54) is 19.3 Å². The Labute approximate surface area is 87.2 Å². The van der Waals surface area contributed by atoms with Crippen LogP contribution in [0.25, 0.3) is 0 Å². The second-order valence-electron chi connectivity index (χ2n) is 4.42. The summed E-state index contributed by atoms with van der Waals surface area (Å²) in [5, 5.41) is 3.47. The van der Waals surface area contributed by atoms with E-state index in [2.05, 4.69) is 12.2 Å². The molecule has 0 heterocycles. The molecule has 1 saturated carbocycles. The van der Waals surface area contributed by atoms with E-state index in [4.69, 9.17) is 9.47 Å². The van der Waals surface area contributed by atoms with Crippen LogP contribution in [0, 0.1) is 5.41 Å². The first kappa shape index (κ1) is 12.0. The fraction of sp³-hybridized carbons (Fsp3) is 1.00. The van der Waals surface area contributed by atoms with Crippen molar-refractivity contribution in [2.45, 2.75) is 32.3 Å². The molecule has 3 heteroatoms. The molecule has 3 nitrogen and oxygen atoms in total. The normalized spacial score (nSPS) is 20.8. The largest absolute Gasteiger partial charge is 0.385 e. The molecule has 0 aromatic heterocycles. The molecule has 1 fully saturated rings. The van der Waals surface area contributed by atoms with Crippen molar-refractivity contribution >= 4 is 0 Å². The molecule has 1 aliphatic rings. The Morgan fingerprint density at radius 1 is 1.36 bits per heavy atom. The molecule has 0 amide bonds. The zero-order valence-corrected chi connectivity index (χ0v) is 9.64. The lowest BCUT2D eigenvalue weighted by molar-refractivity contribution is 0.114. The van der Waals surface area contributed by atoms with Crippen LogP contribution in [0.5, 0.6) is 0 Å². The van der Waals surface area contributed by atoms with Crippen molar-refractivity contribution in [3.8, 4) is 0 Å². The summed E-state index contributed by atoms with van der Waals surface area (Å²) < 4.78 is 10.3. The minimum absolute atomic E-state index is 0.313. The summed E-state index contributed by atoms with van der Waals surface area (Å²) in [4.78, 5) is 0. The van der Waals surface area contributed by atoms with Gasteiger partial charge < -0.3 is 14.8 Å². The van der Waals surface area contributed by atoms with Crippen molar-refractivity contribution in [1.29, 1.82) is 0 Å². The van der Waals surface area contributed by atoms with Gasteiger partial charge in [0.1, 0.15) is 0 Å². The highest BCUT2D eigenvalue weighted by molar-refractivity contribution is 4.94. The molecule has 0 aromatic carbocycles. The lowest BCUT2D eigenvalue weighted by Gasteiger charge is -2.17. The van der Waals surface area contributed by atoms with Crippen molar-refractivity contribution in [1.82, 2.24) is 5.32 Å². The van der Waals surface area contributed by atoms with Gasteiger partial charge in [0.15, 0.2) is 0 Å². The molecular formula is C11H23NO2. The molecule has 84 valence electrons. The van der Waals surface area contributed by atoms with Gasteiger partial charge in [-0.1, -0.05) is 0 Å². The summed E-state index contributed by atoms with van der Waals surface area (Å²) in [5.41, 5.74) is 0.545. The Hall–Kier alpha value is -0.120. The van der Waals surface area contributed by atoms with Crippen molar-refractivity contribution in [2.24, 2.45) is 5.41 Å². The molecule has 1 rings (SSSR count). The molecule has 1 atom stereocenters. The third-order valence-electron chi connectivity index (χ3n) is 3.13. The Kier molecular flexibility index (Phi) is 4.85. The van der Waals surface area contributed by atoms with Crippen LogP contribution in [0.15, 0.2) is 0 Å². The average Bonchev–Trinajstić information content (AvgIpc) is 2.95. The molecule has 0 spiro atoms. The summed E-state index contributed by atoms with van der Waals surface area (Å²) in [6.45, 7) is 5.04. The number of hydrogen-bond donors (Lipinski definition) is 1. The molecule has 0 aromatic rings. The first-order valence-electron chi connectivity index (χ1n) is 5.45. The fourth-order valence-corrected chi connectivity index (χ4v) is 1.63. The Morgan fingerprint density at radius 3 is 2.57 bits per heavy atom. The van der Waals surface area contributed by atoms with Gasteiger partial charge in [0.05, 0.1) is 6.10 Å². The SMILES string of the molecule is COCCC1(CNCC(C)OC)CC1. The summed E-state index contributed by atoms with van der Waals surface area (Å²) in [7, 11) is 3.53. The van der Waals surface area contributed by atoms with Crippen molar-refractivity contribution in [3.63, 3.8) is 0 Å². The van der Waals surface area contributed by atoms with E-state index in [1.807, 2.05) is 0 Å². The van der Waals surface area contributed by atoms with E-state index in [0.29, 0.717) is 11.5 Å². The molecule has 1 N–H and O–H groups in total. The maximum absolute atomic E-state index is 5.18. The Bertz CT molecular complexity index is 157. The van der Waals surface area contributed by atoms with E-state index in [-0.39, 0.29) is 0 Å². The number of nitrogens with one attached hydrogen (secondary N) is 1. The topological polar surface area (TPSA) is 30.5 Å². The molecule has 14 heavy (non-hydrogen) atoms. The monoisotopic (exact) mass is 201 g/mol. The van der Waals surface area contributed by atoms with Crippen LogP contribution in [0.2, 0.25) is 0 Å². The predicted molar refractivity (Wildman–Crippen MR) is 57.5 cm³/mol. The van der Waals surface area contributed by atoms with Crippen molar-refractivity contribution in [3.05, 3.63) is 0 Å². The maximum Gasteiger partial charge on any atom is 0.0667 e. The van der Waals surface area contributed by atoms with Gasteiger partial charge in [0.25, 0.3) is 0 Å². The fourth-order valence-electron chi connectivity index (χ4n) is 1.63. The van der Waals surface area contributed by atoms with Gasteiger partial charge in [-0.3, -0.25) is 0 Å². The van der Waals surface area contributed by atoms with Crippen molar-refractivity contribution < 1.29 is 9.47 Å². The predicted octanol–water partition coefficient (Wildman–Crippen LogP) is 1.43. The zero-order chi connectivity index (χ0) is 10.4. The zero-order valence-electron chi connectivity index (χ0n) is 9.64. The van der Waals surface area contributed by atoms with Gasteiger partial charge in [-0.15, -0.1) is 0 Å². The lowest BCUT2D eigenvalue weighted by atomic mass is 10.0. The summed E-state index contributed by atoms with van der Waals surface area (Å²) >= 11 is 0. The molecule has 0 saturated heterocycles. The van der Waals surface area contributed by atoms with E-state index < -0.39 is 0 Å². The minimum atomic E-state index is 0.313. The molecule has 0 bridgehead atoms. The van der Waals surface area contributed by atoms with Crippen LogP contribution in [0.3, 0.4) is 0 Å². The minimum Gasteiger partial charge on any atom is -0.385 e. The highest BCUT2D eigenvalue weighted by Crippen LogP contribution is 2.48. The van der Waals surface area contributed by atoms with Crippen molar-refractivity contribution in [2.75, 3.05) is 33.9 Å². The highest BCUT2D eigenvalue weighted by Gasteiger charge is 2.41. The van der Waals surface area contributed by atoms with Crippen LogP contribution in [0.1, 0.15) is 26.2 Å². The molecule has 1 aliphatic carbocycles. The second-order valence-corrected chi connectivity index (χ2v) is 4.42. The van der Waals surface area contributed by atoms with Crippen LogP contribution in [-0.2, 0) is 9.47 Å². The van der Waals surface area contributed by atoms with Crippen LogP contribution < -0.4 is 5.32 Å². The standard InChI is InChI=1S/C11H23NO2/c1-10(14-3)8-12-9-11(4-5-11)6-7-13-2/h10,12H,4-9H2,1-3H3. The van der Waals surface area contributed by atoms with E-state index in [9.17, 15) is 0 Å². The summed E-state index contributed by atoms with van der Waals surface area (Å²) in [5.74, 6) is 0.